The highest BCUT2D eigenvalue weighted by Gasteiger charge is 2.04. The summed E-state index contributed by atoms with van der Waals surface area (Å²) < 4.78 is 18.9. The van der Waals surface area contributed by atoms with Gasteiger partial charge in [0.2, 0.25) is 0 Å². The van der Waals surface area contributed by atoms with Gasteiger partial charge in [-0.15, -0.1) is 0 Å². The van der Waals surface area contributed by atoms with Gasteiger partial charge in [0.1, 0.15) is 18.2 Å². The number of rotatable bonds is 4. The van der Waals surface area contributed by atoms with Gasteiger partial charge in [-0.1, -0.05) is 35.9 Å². The second-order valence-electron chi connectivity index (χ2n) is 3.84. The number of ether oxygens (including phenoxy) is 1. The van der Waals surface area contributed by atoms with E-state index in [-0.39, 0.29) is 12.4 Å². The normalized spacial score (nSPS) is 10.4. The number of nitrogens with two attached hydrogens (primary N) is 1. The average Bonchev–Trinajstić information content (AvgIpc) is 2.38. The third kappa shape index (κ3) is 3.00. The first kappa shape index (κ1) is 12.9. The van der Waals surface area contributed by atoms with E-state index in [4.69, 9.17) is 22.1 Å². The van der Waals surface area contributed by atoms with Gasteiger partial charge in [0.15, 0.2) is 0 Å². The van der Waals surface area contributed by atoms with E-state index in [0.29, 0.717) is 22.9 Å². The van der Waals surface area contributed by atoms with Crippen LogP contribution in [-0.2, 0) is 13.2 Å². The number of hydrogen-bond acceptors (Lipinski definition) is 2. The average molecular weight is 266 g/mol. The van der Waals surface area contributed by atoms with Crippen molar-refractivity contribution in [3.05, 3.63) is 64.4 Å². The molecule has 0 saturated carbocycles. The molecule has 0 atom stereocenters. The van der Waals surface area contributed by atoms with Gasteiger partial charge in [-0.25, -0.2) is 4.39 Å². The summed E-state index contributed by atoms with van der Waals surface area (Å²) in [6.07, 6.45) is 0. The Kier molecular flexibility index (Phi) is 4.18. The summed E-state index contributed by atoms with van der Waals surface area (Å²) in [4.78, 5) is 0. The molecule has 0 aliphatic heterocycles. The van der Waals surface area contributed by atoms with Crippen LogP contribution in [0.5, 0.6) is 5.75 Å². The fourth-order valence-electron chi connectivity index (χ4n) is 1.56. The van der Waals surface area contributed by atoms with Gasteiger partial charge < -0.3 is 10.5 Å². The first-order valence-electron chi connectivity index (χ1n) is 5.55. The quantitative estimate of drug-likeness (QED) is 0.918. The van der Waals surface area contributed by atoms with Gasteiger partial charge in [-0.3, -0.25) is 0 Å². The molecule has 2 rings (SSSR count). The monoisotopic (exact) mass is 265 g/mol. The Morgan fingerprint density at radius 2 is 1.89 bits per heavy atom. The van der Waals surface area contributed by atoms with Crippen molar-refractivity contribution in [2.45, 2.75) is 13.2 Å². The van der Waals surface area contributed by atoms with Crippen LogP contribution in [-0.4, -0.2) is 0 Å². The summed E-state index contributed by atoms with van der Waals surface area (Å²) in [5.41, 5.74) is 6.88. The molecule has 94 valence electrons. The lowest BCUT2D eigenvalue weighted by molar-refractivity contribution is 0.300. The lowest BCUT2D eigenvalue weighted by Gasteiger charge is -2.09. The van der Waals surface area contributed by atoms with E-state index in [1.165, 1.54) is 6.07 Å². The fourth-order valence-corrected chi connectivity index (χ4v) is 1.81. The Morgan fingerprint density at radius 1 is 1.11 bits per heavy atom. The number of benzene rings is 2. The molecule has 18 heavy (non-hydrogen) atoms. The highest BCUT2D eigenvalue weighted by molar-refractivity contribution is 6.31. The first-order chi connectivity index (χ1) is 8.70. The SMILES string of the molecule is NCc1ccc(OCc2ccccc2F)cc1Cl. The molecule has 0 saturated heterocycles. The topological polar surface area (TPSA) is 35.2 Å². The summed E-state index contributed by atoms with van der Waals surface area (Å²) in [5, 5.41) is 0.559. The molecule has 0 radical (unpaired) electrons. The van der Waals surface area contributed by atoms with E-state index in [0.717, 1.165) is 5.56 Å². The molecule has 0 aliphatic rings. The predicted molar refractivity (Wildman–Crippen MR) is 70.1 cm³/mol. The third-order valence-corrected chi connectivity index (χ3v) is 2.95. The van der Waals surface area contributed by atoms with Gasteiger partial charge in [-0.05, 0) is 23.8 Å². The molecule has 0 bridgehead atoms. The molecule has 2 aromatic carbocycles. The van der Waals surface area contributed by atoms with Crippen LogP contribution in [0.3, 0.4) is 0 Å². The maximum absolute atomic E-state index is 13.4. The van der Waals surface area contributed by atoms with Crippen LogP contribution in [0.15, 0.2) is 42.5 Å². The standard InChI is InChI=1S/C14H13ClFNO/c15-13-7-12(6-5-10(13)8-17)18-9-11-3-1-2-4-14(11)16/h1-7H,8-9,17H2. The van der Waals surface area contributed by atoms with Gasteiger partial charge in [0.25, 0.3) is 0 Å². The highest BCUT2D eigenvalue weighted by Crippen LogP contribution is 2.23. The second kappa shape index (κ2) is 5.85. The van der Waals surface area contributed by atoms with Crippen LogP contribution in [0.25, 0.3) is 0 Å². The van der Waals surface area contributed by atoms with Gasteiger partial charge in [0.05, 0.1) is 0 Å². The molecule has 4 heteroatoms. The van der Waals surface area contributed by atoms with E-state index in [9.17, 15) is 4.39 Å². The van der Waals surface area contributed by atoms with Crippen molar-refractivity contribution in [2.24, 2.45) is 5.73 Å². The molecular formula is C14H13ClFNO. The molecule has 0 heterocycles. The smallest absolute Gasteiger partial charge is 0.129 e. The molecule has 0 fully saturated rings. The summed E-state index contributed by atoms with van der Waals surface area (Å²) in [5.74, 6) is 0.322. The van der Waals surface area contributed by atoms with Crippen LogP contribution in [0.2, 0.25) is 5.02 Å². The van der Waals surface area contributed by atoms with Crippen molar-refractivity contribution < 1.29 is 9.13 Å². The Bertz CT molecular complexity index is 545. The maximum atomic E-state index is 13.4. The molecular weight excluding hydrogens is 253 g/mol. The zero-order valence-electron chi connectivity index (χ0n) is 9.70. The first-order valence-corrected chi connectivity index (χ1v) is 5.93. The van der Waals surface area contributed by atoms with E-state index in [2.05, 4.69) is 0 Å². The second-order valence-corrected chi connectivity index (χ2v) is 4.24. The van der Waals surface area contributed by atoms with E-state index in [1.54, 1.807) is 36.4 Å². The molecule has 0 spiro atoms. The van der Waals surface area contributed by atoms with E-state index < -0.39 is 0 Å². The van der Waals surface area contributed by atoms with Crippen molar-refractivity contribution in [1.82, 2.24) is 0 Å². The Labute approximate surface area is 110 Å². The van der Waals surface area contributed by atoms with Crippen molar-refractivity contribution in [1.29, 1.82) is 0 Å². The highest BCUT2D eigenvalue weighted by atomic mass is 35.5. The Balaban J connectivity index is 2.07. The zero-order chi connectivity index (χ0) is 13.0. The molecule has 0 unspecified atom stereocenters. The minimum atomic E-state index is -0.276. The van der Waals surface area contributed by atoms with Crippen LogP contribution < -0.4 is 10.5 Å². The summed E-state index contributed by atoms with van der Waals surface area (Å²) in [7, 11) is 0. The summed E-state index contributed by atoms with van der Waals surface area (Å²) >= 11 is 6.01. The summed E-state index contributed by atoms with van der Waals surface area (Å²) in [6.45, 7) is 0.553. The molecule has 0 aliphatic carbocycles. The number of hydrogen-bond donors (Lipinski definition) is 1. The fraction of sp³-hybridized carbons (Fsp3) is 0.143. The van der Waals surface area contributed by atoms with Crippen LogP contribution in [0, 0.1) is 5.82 Å². The minimum absolute atomic E-state index is 0.172. The van der Waals surface area contributed by atoms with Crippen LogP contribution in [0.4, 0.5) is 4.39 Å². The van der Waals surface area contributed by atoms with Crippen molar-refractivity contribution >= 4 is 11.6 Å². The molecule has 2 nitrogen and oxygen atoms in total. The Morgan fingerprint density at radius 3 is 2.56 bits per heavy atom. The lowest BCUT2D eigenvalue weighted by atomic mass is 10.2. The van der Waals surface area contributed by atoms with Crippen molar-refractivity contribution in [2.75, 3.05) is 0 Å². The minimum Gasteiger partial charge on any atom is -0.489 e. The van der Waals surface area contributed by atoms with Crippen molar-refractivity contribution in [3.8, 4) is 5.75 Å². The molecule has 0 amide bonds. The zero-order valence-corrected chi connectivity index (χ0v) is 10.5. The van der Waals surface area contributed by atoms with Crippen LogP contribution in [0.1, 0.15) is 11.1 Å². The predicted octanol–water partition coefficient (Wildman–Crippen LogP) is 3.52. The molecule has 0 aromatic heterocycles. The molecule has 2 N–H and O–H groups in total. The summed E-state index contributed by atoms with van der Waals surface area (Å²) in [6, 6.07) is 11.8. The molecule has 2 aromatic rings. The number of halogens is 2. The van der Waals surface area contributed by atoms with E-state index in [1.807, 2.05) is 0 Å². The van der Waals surface area contributed by atoms with Crippen LogP contribution >= 0.6 is 11.6 Å². The Hall–Kier alpha value is -1.58. The van der Waals surface area contributed by atoms with Crippen molar-refractivity contribution in [3.63, 3.8) is 0 Å². The largest absolute Gasteiger partial charge is 0.489 e. The van der Waals surface area contributed by atoms with Gasteiger partial charge >= 0.3 is 0 Å². The van der Waals surface area contributed by atoms with E-state index >= 15 is 0 Å². The van der Waals surface area contributed by atoms with Gasteiger partial charge in [0, 0.05) is 17.1 Å². The van der Waals surface area contributed by atoms with Gasteiger partial charge in [-0.2, -0.15) is 0 Å². The lowest BCUT2D eigenvalue weighted by Crippen LogP contribution is -2.00. The maximum Gasteiger partial charge on any atom is 0.129 e. The third-order valence-electron chi connectivity index (χ3n) is 2.60.